The topological polar surface area (TPSA) is 101 Å². The van der Waals surface area contributed by atoms with E-state index in [-0.39, 0.29) is 24.4 Å². The Morgan fingerprint density at radius 2 is 1.90 bits per heavy atom. The Morgan fingerprint density at radius 3 is 2.60 bits per heavy atom. The highest BCUT2D eigenvalue weighted by atomic mass is 19.4. The van der Waals surface area contributed by atoms with Gasteiger partial charge in [0, 0.05) is 13.1 Å². The smallest absolute Gasteiger partial charge is 0.372 e. The van der Waals surface area contributed by atoms with Gasteiger partial charge in [0.1, 0.15) is 5.69 Å². The number of nitrogens with one attached hydrogen (secondary N) is 1. The number of likely N-dealkylation sites (tertiary alicyclic amines) is 1. The number of H-pyrrole nitrogens is 1. The average molecular weight is 556 g/mol. The monoisotopic (exact) mass is 555 g/mol. The number of aryl methyl sites for hydroxylation is 1. The van der Waals surface area contributed by atoms with Crippen molar-refractivity contribution in [1.82, 2.24) is 45.4 Å². The zero-order chi connectivity index (χ0) is 28.3. The van der Waals surface area contributed by atoms with E-state index in [1.807, 2.05) is 32.3 Å². The predicted molar refractivity (Wildman–Crippen MR) is 140 cm³/mol. The first-order chi connectivity index (χ1) is 19.2. The van der Waals surface area contributed by atoms with Crippen LogP contribution < -0.4 is 0 Å². The summed E-state index contributed by atoms with van der Waals surface area (Å²) in [6.07, 6.45) is -3.11. The molecule has 13 heteroatoms. The molecule has 10 nitrogen and oxygen atoms in total. The highest BCUT2D eigenvalue weighted by molar-refractivity contribution is 5.41. The van der Waals surface area contributed by atoms with Gasteiger partial charge >= 0.3 is 6.18 Å². The molecular weight excluding hydrogens is 523 g/mol. The van der Waals surface area contributed by atoms with Gasteiger partial charge in [-0.2, -0.15) is 17.9 Å². The van der Waals surface area contributed by atoms with Crippen LogP contribution in [0, 0.1) is 6.92 Å². The Bertz CT molecular complexity index is 1400. The Labute approximate surface area is 230 Å². The normalized spacial score (nSPS) is 18.5. The zero-order valence-electron chi connectivity index (χ0n) is 22.6. The molecule has 4 aromatic rings. The number of aromatic nitrogens is 7. The van der Waals surface area contributed by atoms with Crippen LogP contribution in [0.4, 0.5) is 13.2 Å². The maximum absolute atomic E-state index is 13.8. The molecule has 3 heterocycles. The van der Waals surface area contributed by atoms with Crippen molar-refractivity contribution in [2.45, 2.75) is 57.8 Å². The van der Waals surface area contributed by atoms with Crippen LogP contribution in [-0.4, -0.2) is 72.2 Å². The highest BCUT2D eigenvalue weighted by Crippen LogP contribution is 2.36. The van der Waals surface area contributed by atoms with E-state index in [1.54, 1.807) is 13.0 Å². The van der Waals surface area contributed by atoms with Gasteiger partial charge in [-0.3, -0.25) is 10.00 Å². The maximum Gasteiger partial charge on any atom is 0.416 e. The van der Waals surface area contributed by atoms with Gasteiger partial charge in [-0.15, -0.1) is 10.2 Å². The first kappa shape index (κ1) is 27.9. The summed E-state index contributed by atoms with van der Waals surface area (Å²) in [5.74, 6) is 0.389. The van der Waals surface area contributed by atoms with Crippen LogP contribution >= 0.6 is 0 Å². The molecule has 1 aliphatic rings. The van der Waals surface area contributed by atoms with Crippen LogP contribution in [0.15, 0.2) is 48.5 Å². The lowest BCUT2D eigenvalue weighted by Crippen LogP contribution is -2.42. The van der Waals surface area contributed by atoms with Crippen molar-refractivity contribution in [2.75, 3.05) is 20.6 Å². The number of hydrogen-bond acceptors (Lipinski definition) is 8. The summed E-state index contributed by atoms with van der Waals surface area (Å²) >= 11 is 0. The Hall–Kier alpha value is -3.68. The molecule has 5 rings (SSSR count). The van der Waals surface area contributed by atoms with Gasteiger partial charge in [0.2, 0.25) is 0 Å². The van der Waals surface area contributed by atoms with Gasteiger partial charge in [-0.25, -0.2) is 0 Å². The highest BCUT2D eigenvalue weighted by Gasteiger charge is 2.35. The number of rotatable bonds is 9. The fourth-order valence-electron chi connectivity index (χ4n) is 5.20. The lowest BCUT2D eigenvalue weighted by molar-refractivity contribution is -0.137. The van der Waals surface area contributed by atoms with Crippen LogP contribution in [0.25, 0.3) is 5.69 Å². The van der Waals surface area contributed by atoms with E-state index in [0.29, 0.717) is 24.5 Å². The van der Waals surface area contributed by atoms with Gasteiger partial charge in [-0.1, -0.05) is 35.5 Å². The Morgan fingerprint density at radius 1 is 1.10 bits per heavy atom. The average Bonchev–Trinajstić information content (AvgIpc) is 3.55. The molecule has 1 N–H and O–H groups in total. The Kier molecular flexibility index (Phi) is 8.24. The van der Waals surface area contributed by atoms with Crippen molar-refractivity contribution >= 4 is 0 Å². The van der Waals surface area contributed by atoms with E-state index in [4.69, 9.17) is 4.74 Å². The standard InChI is InChI=1S/C27H32F3N9O/c1-18-31-35-36-39(18)22-13-19(12-21(14-22)27(28,29)30)17-40-25-10-7-11-38(26(25)20-8-5-4-6-9-20)16-24-23(15-37(2)3)32-34-33-24/h4-6,8-9,12-14,25-26H,7,10-11,15-17H2,1-3H3,(H,32,33,34)/t25-,26-/m0/s1. The number of benzene rings is 2. The molecule has 212 valence electrons. The van der Waals surface area contributed by atoms with E-state index in [0.717, 1.165) is 48.5 Å². The lowest BCUT2D eigenvalue weighted by Gasteiger charge is -2.41. The second-order valence-electron chi connectivity index (χ2n) is 10.3. The number of piperidine rings is 1. The molecule has 0 unspecified atom stereocenters. The van der Waals surface area contributed by atoms with Crippen molar-refractivity contribution in [3.05, 3.63) is 82.4 Å². The number of halogens is 3. The van der Waals surface area contributed by atoms with Gasteiger partial charge in [0.05, 0.1) is 35.7 Å². The maximum atomic E-state index is 13.8. The molecule has 0 bridgehead atoms. The third-order valence-electron chi connectivity index (χ3n) is 6.99. The fourth-order valence-corrected chi connectivity index (χ4v) is 5.20. The molecule has 2 aromatic heterocycles. The molecule has 0 radical (unpaired) electrons. The number of alkyl halides is 3. The molecule has 0 amide bonds. The first-order valence-electron chi connectivity index (χ1n) is 13.1. The molecule has 0 spiro atoms. The van der Waals surface area contributed by atoms with E-state index in [9.17, 15) is 13.2 Å². The van der Waals surface area contributed by atoms with Crippen LogP contribution in [0.2, 0.25) is 0 Å². The fraction of sp³-hybridized carbons (Fsp3) is 0.444. The van der Waals surface area contributed by atoms with E-state index in [2.05, 4.69) is 52.9 Å². The zero-order valence-corrected chi connectivity index (χ0v) is 22.6. The summed E-state index contributed by atoms with van der Waals surface area (Å²) < 4.78 is 49.1. The molecule has 1 saturated heterocycles. The van der Waals surface area contributed by atoms with Crippen molar-refractivity contribution in [1.29, 1.82) is 0 Å². The minimum atomic E-state index is -4.53. The van der Waals surface area contributed by atoms with Crippen molar-refractivity contribution in [2.24, 2.45) is 0 Å². The lowest BCUT2D eigenvalue weighted by atomic mass is 9.92. The quantitative estimate of drug-likeness (QED) is 0.330. The largest absolute Gasteiger partial charge is 0.416 e. The van der Waals surface area contributed by atoms with E-state index in [1.165, 1.54) is 4.68 Å². The number of nitrogens with zero attached hydrogens (tertiary/aromatic N) is 8. The first-order valence-corrected chi connectivity index (χ1v) is 13.1. The van der Waals surface area contributed by atoms with Crippen LogP contribution in [0.5, 0.6) is 0 Å². The molecule has 2 atom stereocenters. The third kappa shape index (κ3) is 6.37. The number of tetrazole rings is 1. The summed E-state index contributed by atoms with van der Waals surface area (Å²) in [6.45, 7) is 3.74. The molecule has 1 aliphatic heterocycles. The molecule has 40 heavy (non-hydrogen) atoms. The van der Waals surface area contributed by atoms with Gasteiger partial charge in [0.15, 0.2) is 5.82 Å². The summed E-state index contributed by atoms with van der Waals surface area (Å²) in [7, 11) is 3.98. The van der Waals surface area contributed by atoms with E-state index >= 15 is 0 Å². The molecular formula is C27H32F3N9O. The van der Waals surface area contributed by atoms with Crippen LogP contribution in [-0.2, 0) is 30.6 Å². The molecule has 0 saturated carbocycles. The Balaban J connectivity index is 1.41. The van der Waals surface area contributed by atoms with Crippen molar-refractivity contribution in [3.63, 3.8) is 0 Å². The summed E-state index contributed by atoms with van der Waals surface area (Å²) in [6, 6.07) is 13.8. The van der Waals surface area contributed by atoms with Crippen molar-refractivity contribution < 1.29 is 17.9 Å². The summed E-state index contributed by atoms with van der Waals surface area (Å²) in [5, 5.41) is 22.6. The number of ether oxygens (including phenoxy) is 1. The van der Waals surface area contributed by atoms with Crippen LogP contribution in [0.3, 0.4) is 0 Å². The minimum Gasteiger partial charge on any atom is -0.372 e. The van der Waals surface area contributed by atoms with E-state index < -0.39 is 11.7 Å². The second-order valence-corrected chi connectivity index (χ2v) is 10.3. The van der Waals surface area contributed by atoms with Crippen LogP contribution in [0.1, 0.15) is 52.8 Å². The molecule has 1 fully saturated rings. The van der Waals surface area contributed by atoms with Crippen molar-refractivity contribution in [3.8, 4) is 5.69 Å². The SMILES string of the molecule is Cc1nnnn1-c1cc(CO[C@H]2CCCN(Cc3nn[nH]c3CN(C)C)[C@H]2c2ccccc2)cc(C(F)(F)F)c1. The van der Waals surface area contributed by atoms with Gasteiger partial charge in [-0.05, 0) is 80.2 Å². The van der Waals surface area contributed by atoms with Gasteiger partial charge in [0.25, 0.3) is 0 Å². The number of hydrogen-bond donors (Lipinski definition) is 1. The predicted octanol–water partition coefficient (Wildman–Crippen LogP) is 4.09. The number of aromatic amines is 1. The van der Waals surface area contributed by atoms with Gasteiger partial charge < -0.3 is 9.64 Å². The minimum absolute atomic E-state index is 0.00970. The molecule has 0 aliphatic carbocycles. The third-order valence-corrected chi connectivity index (χ3v) is 6.99. The summed E-state index contributed by atoms with van der Waals surface area (Å²) in [4.78, 5) is 4.37. The molecule has 2 aromatic carbocycles. The summed E-state index contributed by atoms with van der Waals surface area (Å²) in [5.41, 5.74) is 2.76. The second kappa shape index (κ2) is 11.8.